The van der Waals surface area contributed by atoms with E-state index in [1.165, 1.54) is 0 Å². The molecular weight excluding hydrogens is 269 g/mol. The second-order valence-electron chi connectivity index (χ2n) is 5.15. The number of nitrogens with one attached hydrogen (secondary N) is 2. The first-order valence-electron chi connectivity index (χ1n) is 6.55. The fourth-order valence-corrected chi connectivity index (χ4v) is 2.46. The molecule has 0 bridgehead atoms. The van der Waals surface area contributed by atoms with Crippen molar-refractivity contribution < 1.29 is 18.0 Å². The SMILES string of the molecule is O=C(NCC(F)(F)F)NCC1(c2ccccc2)CCC1. The van der Waals surface area contributed by atoms with Gasteiger partial charge in [-0.1, -0.05) is 36.8 Å². The summed E-state index contributed by atoms with van der Waals surface area (Å²) in [6.07, 6.45) is -1.43. The summed E-state index contributed by atoms with van der Waals surface area (Å²) >= 11 is 0. The molecular formula is C14H17F3N2O. The fraction of sp³-hybridized carbons (Fsp3) is 0.500. The molecule has 3 nitrogen and oxygen atoms in total. The van der Waals surface area contributed by atoms with Gasteiger partial charge in [0, 0.05) is 12.0 Å². The molecule has 0 radical (unpaired) electrons. The maximum absolute atomic E-state index is 12.0. The number of hydrogen-bond donors (Lipinski definition) is 2. The summed E-state index contributed by atoms with van der Waals surface area (Å²) in [7, 11) is 0. The minimum absolute atomic E-state index is 0.128. The van der Waals surface area contributed by atoms with E-state index in [-0.39, 0.29) is 5.41 Å². The van der Waals surface area contributed by atoms with Gasteiger partial charge in [-0.05, 0) is 18.4 Å². The molecule has 1 fully saturated rings. The zero-order valence-corrected chi connectivity index (χ0v) is 11.0. The van der Waals surface area contributed by atoms with Crippen molar-refractivity contribution in [2.45, 2.75) is 30.9 Å². The summed E-state index contributed by atoms with van der Waals surface area (Å²) in [5.74, 6) is 0. The molecule has 0 aromatic heterocycles. The minimum atomic E-state index is -4.38. The van der Waals surface area contributed by atoms with Crippen LogP contribution in [0.4, 0.5) is 18.0 Å². The molecule has 0 saturated heterocycles. The normalized spacial score (nSPS) is 17.1. The van der Waals surface area contributed by atoms with Crippen LogP contribution in [0.3, 0.4) is 0 Å². The van der Waals surface area contributed by atoms with Crippen LogP contribution in [0.15, 0.2) is 30.3 Å². The summed E-state index contributed by atoms with van der Waals surface area (Å²) in [5, 5.41) is 4.37. The lowest BCUT2D eigenvalue weighted by molar-refractivity contribution is -0.122. The fourth-order valence-electron chi connectivity index (χ4n) is 2.46. The van der Waals surface area contributed by atoms with Crippen molar-refractivity contribution in [3.63, 3.8) is 0 Å². The van der Waals surface area contributed by atoms with Gasteiger partial charge in [-0.3, -0.25) is 0 Å². The number of alkyl halides is 3. The molecule has 6 heteroatoms. The Bertz CT molecular complexity index is 455. The number of hydrogen-bond acceptors (Lipinski definition) is 1. The Labute approximate surface area is 115 Å². The molecule has 0 unspecified atom stereocenters. The van der Waals surface area contributed by atoms with E-state index in [9.17, 15) is 18.0 Å². The number of carbonyl (C=O) groups is 1. The number of halogens is 3. The summed E-state index contributed by atoms with van der Waals surface area (Å²) < 4.78 is 36.0. The van der Waals surface area contributed by atoms with Gasteiger partial charge < -0.3 is 10.6 Å². The molecule has 20 heavy (non-hydrogen) atoms. The predicted molar refractivity (Wildman–Crippen MR) is 69.4 cm³/mol. The van der Waals surface area contributed by atoms with Crippen molar-refractivity contribution in [2.75, 3.05) is 13.1 Å². The van der Waals surface area contributed by atoms with Crippen LogP contribution < -0.4 is 10.6 Å². The van der Waals surface area contributed by atoms with E-state index in [2.05, 4.69) is 5.32 Å². The van der Waals surface area contributed by atoms with Crippen LogP contribution >= 0.6 is 0 Å². The third-order valence-corrected chi connectivity index (χ3v) is 3.73. The Balaban J connectivity index is 1.87. The first kappa shape index (κ1) is 14.7. The van der Waals surface area contributed by atoms with E-state index in [4.69, 9.17) is 0 Å². The average molecular weight is 286 g/mol. The summed E-state index contributed by atoms with van der Waals surface area (Å²) in [6.45, 7) is -0.947. The number of rotatable bonds is 4. The summed E-state index contributed by atoms with van der Waals surface area (Å²) in [5.41, 5.74) is 0.999. The standard InChI is InChI=1S/C14H17F3N2O/c15-14(16,17)10-19-12(20)18-9-13(7-4-8-13)11-5-2-1-3-6-11/h1-3,5-6H,4,7-10H2,(H2,18,19,20). The second-order valence-corrected chi connectivity index (χ2v) is 5.15. The molecule has 0 atom stereocenters. The van der Waals surface area contributed by atoms with Gasteiger partial charge in [0.1, 0.15) is 6.54 Å². The topological polar surface area (TPSA) is 41.1 Å². The number of urea groups is 1. The van der Waals surface area contributed by atoms with Gasteiger partial charge in [0.05, 0.1) is 0 Å². The van der Waals surface area contributed by atoms with Crippen molar-refractivity contribution in [3.05, 3.63) is 35.9 Å². The van der Waals surface area contributed by atoms with Crippen LogP contribution in [0.1, 0.15) is 24.8 Å². The third-order valence-electron chi connectivity index (χ3n) is 3.73. The van der Waals surface area contributed by atoms with E-state index < -0.39 is 18.8 Å². The number of carbonyl (C=O) groups excluding carboxylic acids is 1. The highest BCUT2D eigenvalue weighted by molar-refractivity contribution is 5.74. The maximum atomic E-state index is 12.0. The first-order valence-corrected chi connectivity index (χ1v) is 6.55. The lowest BCUT2D eigenvalue weighted by Crippen LogP contribution is -2.49. The summed E-state index contributed by atoms with van der Waals surface area (Å²) in [4.78, 5) is 11.4. The van der Waals surface area contributed by atoms with Crippen LogP contribution in [-0.4, -0.2) is 25.3 Å². The van der Waals surface area contributed by atoms with Gasteiger partial charge in [0.15, 0.2) is 0 Å². The highest BCUT2D eigenvalue weighted by atomic mass is 19.4. The van der Waals surface area contributed by atoms with Crippen LogP contribution in [-0.2, 0) is 5.41 Å². The molecule has 0 heterocycles. The Hall–Kier alpha value is -1.72. The molecule has 1 aromatic carbocycles. The van der Waals surface area contributed by atoms with Crippen LogP contribution in [0, 0.1) is 0 Å². The highest BCUT2D eigenvalue weighted by Crippen LogP contribution is 2.43. The van der Waals surface area contributed by atoms with E-state index >= 15 is 0 Å². The molecule has 2 amide bonds. The molecule has 0 aliphatic heterocycles. The molecule has 0 spiro atoms. The van der Waals surface area contributed by atoms with E-state index in [1.54, 1.807) is 0 Å². The van der Waals surface area contributed by atoms with Gasteiger partial charge in [-0.2, -0.15) is 13.2 Å². The smallest absolute Gasteiger partial charge is 0.337 e. The molecule has 1 aromatic rings. The average Bonchev–Trinajstić information content (AvgIpc) is 2.35. The minimum Gasteiger partial charge on any atom is -0.337 e. The van der Waals surface area contributed by atoms with Crippen molar-refractivity contribution in [3.8, 4) is 0 Å². The zero-order valence-electron chi connectivity index (χ0n) is 11.0. The second kappa shape index (κ2) is 5.73. The van der Waals surface area contributed by atoms with Crippen molar-refractivity contribution in [1.29, 1.82) is 0 Å². The molecule has 110 valence electrons. The largest absolute Gasteiger partial charge is 0.405 e. The molecule has 1 saturated carbocycles. The van der Waals surface area contributed by atoms with Crippen LogP contribution in [0.2, 0.25) is 0 Å². The lowest BCUT2D eigenvalue weighted by Gasteiger charge is -2.42. The molecule has 2 N–H and O–H groups in total. The number of amides is 2. The van der Waals surface area contributed by atoms with Gasteiger partial charge in [0.25, 0.3) is 0 Å². The molecule has 1 aliphatic carbocycles. The summed E-state index contributed by atoms with van der Waals surface area (Å²) in [6, 6.07) is 8.99. The van der Waals surface area contributed by atoms with Gasteiger partial charge in [-0.15, -0.1) is 0 Å². The molecule has 2 rings (SSSR count). The van der Waals surface area contributed by atoms with Crippen LogP contribution in [0.5, 0.6) is 0 Å². The monoisotopic (exact) mass is 286 g/mol. The van der Waals surface area contributed by atoms with Crippen molar-refractivity contribution >= 4 is 6.03 Å². The van der Waals surface area contributed by atoms with Crippen LogP contribution in [0.25, 0.3) is 0 Å². The Kier molecular flexibility index (Phi) is 4.20. The van der Waals surface area contributed by atoms with Gasteiger partial charge in [-0.25, -0.2) is 4.79 Å². The Morgan fingerprint density at radius 3 is 2.30 bits per heavy atom. The van der Waals surface area contributed by atoms with Crippen molar-refractivity contribution in [1.82, 2.24) is 10.6 Å². The van der Waals surface area contributed by atoms with E-state index in [1.807, 2.05) is 35.6 Å². The Morgan fingerprint density at radius 2 is 1.80 bits per heavy atom. The van der Waals surface area contributed by atoms with Crippen molar-refractivity contribution in [2.24, 2.45) is 0 Å². The van der Waals surface area contributed by atoms with E-state index in [0.29, 0.717) is 6.54 Å². The maximum Gasteiger partial charge on any atom is 0.405 e. The Morgan fingerprint density at radius 1 is 1.15 bits per heavy atom. The third kappa shape index (κ3) is 3.65. The zero-order chi connectivity index (χ0) is 14.6. The van der Waals surface area contributed by atoms with Gasteiger partial charge >= 0.3 is 12.2 Å². The predicted octanol–water partition coefficient (Wildman–Crippen LogP) is 2.97. The number of benzene rings is 1. The molecule has 1 aliphatic rings. The highest BCUT2D eigenvalue weighted by Gasteiger charge is 2.38. The first-order chi connectivity index (χ1) is 9.41. The van der Waals surface area contributed by atoms with Gasteiger partial charge in [0.2, 0.25) is 0 Å². The quantitative estimate of drug-likeness (QED) is 0.878. The lowest BCUT2D eigenvalue weighted by atomic mass is 9.64. The van der Waals surface area contributed by atoms with E-state index in [0.717, 1.165) is 24.8 Å².